The van der Waals surface area contributed by atoms with Gasteiger partial charge in [0, 0.05) is 25.6 Å². The molecule has 0 aliphatic carbocycles. The average Bonchev–Trinajstić information content (AvgIpc) is 2.42. The minimum Gasteiger partial charge on any atom is -0.278 e. The highest BCUT2D eigenvalue weighted by atomic mass is 16.2. The van der Waals surface area contributed by atoms with Crippen LogP contribution in [0.25, 0.3) is 0 Å². The number of hydrazine groups is 1. The molecular weight excluding hydrogens is 200 g/mol. The minimum absolute atomic E-state index is 0.0817. The summed E-state index contributed by atoms with van der Waals surface area (Å²) in [5.41, 5.74) is 1.15. The number of benzene rings is 1. The van der Waals surface area contributed by atoms with E-state index in [0.29, 0.717) is 6.42 Å². The number of hydrogen-bond acceptors (Lipinski definition) is 2. The van der Waals surface area contributed by atoms with Crippen LogP contribution in [0.5, 0.6) is 0 Å². The SMILES string of the molecule is CN1C(=O)CC(C)(C)N1Cc1ccccc1. The van der Waals surface area contributed by atoms with Crippen LogP contribution in [0.3, 0.4) is 0 Å². The Hall–Kier alpha value is -1.35. The second kappa shape index (κ2) is 3.91. The van der Waals surface area contributed by atoms with Gasteiger partial charge in [-0.1, -0.05) is 30.3 Å². The maximum Gasteiger partial charge on any atom is 0.238 e. The molecule has 0 unspecified atom stereocenters. The van der Waals surface area contributed by atoms with E-state index in [9.17, 15) is 4.79 Å². The molecule has 1 aromatic carbocycles. The molecule has 0 spiro atoms. The summed E-state index contributed by atoms with van der Waals surface area (Å²) >= 11 is 0. The molecule has 0 bridgehead atoms. The Labute approximate surface area is 96.6 Å². The monoisotopic (exact) mass is 218 g/mol. The molecule has 1 fully saturated rings. The molecule has 1 aromatic rings. The molecule has 0 N–H and O–H groups in total. The van der Waals surface area contributed by atoms with Crippen molar-refractivity contribution < 1.29 is 4.79 Å². The number of amides is 1. The minimum atomic E-state index is -0.0817. The van der Waals surface area contributed by atoms with Crippen molar-refractivity contribution in [1.29, 1.82) is 0 Å². The van der Waals surface area contributed by atoms with Gasteiger partial charge < -0.3 is 0 Å². The first kappa shape index (κ1) is 11.1. The molecule has 0 saturated carbocycles. The van der Waals surface area contributed by atoms with Crippen molar-refractivity contribution in [3.8, 4) is 0 Å². The molecule has 1 saturated heterocycles. The smallest absolute Gasteiger partial charge is 0.238 e. The van der Waals surface area contributed by atoms with Crippen molar-refractivity contribution in [3.63, 3.8) is 0 Å². The maximum atomic E-state index is 11.7. The van der Waals surface area contributed by atoms with Gasteiger partial charge in [-0.05, 0) is 19.4 Å². The van der Waals surface area contributed by atoms with Crippen LogP contribution in [0, 0.1) is 0 Å². The highest BCUT2D eigenvalue weighted by Crippen LogP contribution is 2.30. The summed E-state index contributed by atoms with van der Waals surface area (Å²) in [6.45, 7) is 5.00. The van der Waals surface area contributed by atoms with Gasteiger partial charge in [0.05, 0.1) is 0 Å². The lowest BCUT2D eigenvalue weighted by molar-refractivity contribution is -0.137. The van der Waals surface area contributed by atoms with E-state index in [1.54, 1.807) is 5.01 Å². The number of hydrogen-bond donors (Lipinski definition) is 0. The molecule has 1 amide bonds. The molecule has 1 heterocycles. The van der Waals surface area contributed by atoms with Crippen molar-refractivity contribution in [2.24, 2.45) is 0 Å². The van der Waals surface area contributed by atoms with Crippen LogP contribution < -0.4 is 0 Å². The van der Waals surface area contributed by atoms with Gasteiger partial charge in [-0.25, -0.2) is 5.01 Å². The summed E-state index contributed by atoms with van der Waals surface area (Å²) in [6.07, 6.45) is 0.594. The maximum absolute atomic E-state index is 11.7. The zero-order valence-electron chi connectivity index (χ0n) is 10.1. The lowest BCUT2D eigenvalue weighted by Gasteiger charge is -2.34. The van der Waals surface area contributed by atoms with E-state index in [1.165, 1.54) is 5.56 Å². The predicted octanol–water partition coefficient (Wildman–Crippen LogP) is 2.04. The predicted molar refractivity (Wildman–Crippen MR) is 63.5 cm³/mol. The zero-order chi connectivity index (χ0) is 11.8. The van der Waals surface area contributed by atoms with Crippen molar-refractivity contribution in [2.75, 3.05) is 7.05 Å². The molecule has 16 heavy (non-hydrogen) atoms. The third-order valence-electron chi connectivity index (χ3n) is 3.18. The quantitative estimate of drug-likeness (QED) is 0.758. The second-order valence-corrected chi connectivity index (χ2v) is 4.95. The molecule has 1 aliphatic rings. The van der Waals surface area contributed by atoms with Gasteiger partial charge in [0.25, 0.3) is 0 Å². The van der Waals surface area contributed by atoms with Crippen LogP contribution in [0.2, 0.25) is 0 Å². The molecule has 0 aromatic heterocycles. The third-order valence-corrected chi connectivity index (χ3v) is 3.18. The van der Waals surface area contributed by atoms with Crippen LogP contribution in [-0.4, -0.2) is 28.5 Å². The van der Waals surface area contributed by atoms with Crippen molar-refractivity contribution in [1.82, 2.24) is 10.0 Å². The Morgan fingerprint density at radius 2 is 1.88 bits per heavy atom. The molecule has 0 atom stereocenters. The number of carbonyl (C=O) groups excluding carboxylic acids is 1. The summed E-state index contributed by atoms with van der Waals surface area (Å²) in [5, 5.41) is 3.87. The summed E-state index contributed by atoms with van der Waals surface area (Å²) in [6, 6.07) is 10.2. The van der Waals surface area contributed by atoms with E-state index in [1.807, 2.05) is 25.2 Å². The van der Waals surface area contributed by atoms with Gasteiger partial charge in [0.2, 0.25) is 5.91 Å². The lowest BCUT2D eigenvalue weighted by atomic mass is 10.0. The van der Waals surface area contributed by atoms with Gasteiger partial charge >= 0.3 is 0 Å². The lowest BCUT2D eigenvalue weighted by Crippen LogP contribution is -2.44. The fourth-order valence-electron chi connectivity index (χ4n) is 2.19. The van der Waals surface area contributed by atoms with E-state index in [0.717, 1.165) is 6.54 Å². The number of nitrogens with zero attached hydrogens (tertiary/aromatic N) is 2. The topological polar surface area (TPSA) is 23.6 Å². The first-order valence-corrected chi connectivity index (χ1v) is 5.59. The second-order valence-electron chi connectivity index (χ2n) is 4.95. The van der Waals surface area contributed by atoms with E-state index in [4.69, 9.17) is 0 Å². The first-order chi connectivity index (χ1) is 7.50. The Bertz CT molecular complexity index is 386. The fourth-order valence-corrected chi connectivity index (χ4v) is 2.19. The van der Waals surface area contributed by atoms with Crippen LogP contribution in [0.1, 0.15) is 25.8 Å². The Balaban J connectivity index is 2.18. The summed E-state index contributed by atoms with van der Waals surface area (Å²) in [4.78, 5) is 11.7. The Kier molecular flexibility index (Phi) is 2.72. The molecule has 86 valence electrons. The van der Waals surface area contributed by atoms with Gasteiger partial charge in [0.15, 0.2) is 0 Å². The summed E-state index contributed by atoms with van der Waals surface area (Å²) in [5.74, 6) is 0.195. The highest BCUT2D eigenvalue weighted by molar-refractivity contribution is 5.78. The van der Waals surface area contributed by atoms with Crippen molar-refractivity contribution in [2.45, 2.75) is 32.4 Å². The Morgan fingerprint density at radius 3 is 2.38 bits per heavy atom. The van der Waals surface area contributed by atoms with Crippen LogP contribution >= 0.6 is 0 Å². The molecule has 2 rings (SSSR count). The van der Waals surface area contributed by atoms with E-state index in [2.05, 4.69) is 31.0 Å². The van der Waals surface area contributed by atoms with E-state index in [-0.39, 0.29) is 11.4 Å². The normalized spacial score (nSPS) is 20.4. The van der Waals surface area contributed by atoms with Gasteiger partial charge in [0.1, 0.15) is 0 Å². The molecule has 1 aliphatic heterocycles. The highest BCUT2D eigenvalue weighted by Gasteiger charge is 2.41. The van der Waals surface area contributed by atoms with Crippen molar-refractivity contribution in [3.05, 3.63) is 35.9 Å². The first-order valence-electron chi connectivity index (χ1n) is 5.59. The van der Waals surface area contributed by atoms with Crippen LogP contribution in [0.4, 0.5) is 0 Å². The largest absolute Gasteiger partial charge is 0.278 e. The van der Waals surface area contributed by atoms with Gasteiger partial charge in [-0.3, -0.25) is 9.80 Å². The number of rotatable bonds is 2. The summed E-state index contributed by atoms with van der Waals surface area (Å²) in [7, 11) is 1.85. The third kappa shape index (κ3) is 1.95. The average molecular weight is 218 g/mol. The van der Waals surface area contributed by atoms with Crippen LogP contribution in [-0.2, 0) is 11.3 Å². The van der Waals surface area contributed by atoms with Gasteiger partial charge in [-0.15, -0.1) is 0 Å². The fraction of sp³-hybridized carbons (Fsp3) is 0.462. The summed E-state index contributed by atoms with van der Waals surface area (Å²) < 4.78 is 0. The standard InChI is InChI=1S/C13H18N2O/c1-13(2)9-12(16)14(3)15(13)10-11-7-5-4-6-8-11/h4-8H,9-10H2,1-3H3. The van der Waals surface area contributed by atoms with Crippen LogP contribution in [0.15, 0.2) is 30.3 Å². The molecule has 0 radical (unpaired) electrons. The van der Waals surface area contributed by atoms with E-state index >= 15 is 0 Å². The van der Waals surface area contributed by atoms with E-state index < -0.39 is 0 Å². The van der Waals surface area contributed by atoms with Gasteiger partial charge in [-0.2, -0.15) is 0 Å². The Morgan fingerprint density at radius 1 is 1.25 bits per heavy atom. The molecule has 3 nitrogen and oxygen atoms in total. The molecular formula is C13H18N2O. The zero-order valence-corrected chi connectivity index (χ0v) is 10.1. The van der Waals surface area contributed by atoms with Crippen molar-refractivity contribution >= 4 is 5.91 Å². The number of carbonyl (C=O) groups is 1. The molecule has 3 heteroatoms.